The second-order valence-corrected chi connectivity index (χ2v) is 3.58. The number of hydrogen-bond donors (Lipinski definition) is 2. The van der Waals surface area contributed by atoms with Gasteiger partial charge in [-0.3, -0.25) is 10.8 Å². The number of aryl methyl sites for hydroxylation is 1. The number of nitrogens with zero attached hydrogens (tertiary/aromatic N) is 1. The molecule has 0 bridgehead atoms. The number of hydrazine groups is 1. The van der Waals surface area contributed by atoms with Crippen molar-refractivity contribution in [2.24, 2.45) is 5.84 Å². The smallest absolute Gasteiger partial charge is 0.115 e. The van der Waals surface area contributed by atoms with Gasteiger partial charge < -0.3 is 4.74 Å². The van der Waals surface area contributed by atoms with Gasteiger partial charge >= 0.3 is 0 Å². The minimum atomic E-state index is -0.0828. The van der Waals surface area contributed by atoms with Crippen molar-refractivity contribution >= 4 is 0 Å². The molecule has 15 heavy (non-hydrogen) atoms. The first-order chi connectivity index (χ1) is 7.31. The molecule has 2 heterocycles. The van der Waals surface area contributed by atoms with Gasteiger partial charge in [0.05, 0.1) is 6.61 Å². The molecule has 4 heteroatoms. The number of nitrogens with one attached hydrogen (secondary N) is 1. The molecule has 1 unspecified atom stereocenters. The fraction of sp³-hybridized carbons (Fsp3) is 0.364. The van der Waals surface area contributed by atoms with Gasteiger partial charge in [-0.2, -0.15) is 0 Å². The number of rotatable bonds is 3. The van der Waals surface area contributed by atoms with E-state index in [1.807, 2.05) is 25.3 Å². The Bertz CT molecular complexity index is 359. The summed E-state index contributed by atoms with van der Waals surface area (Å²) in [5.74, 6) is 6.42. The molecular formula is C11H15N3O. The minimum absolute atomic E-state index is 0.0828. The lowest BCUT2D eigenvalue weighted by molar-refractivity contribution is 0.215. The van der Waals surface area contributed by atoms with E-state index in [0.29, 0.717) is 0 Å². The van der Waals surface area contributed by atoms with Gasteiger partial charge in [-0.15, -0.1) is 0 Å². The summed E-state index contributed by atoms with van der Waals surface area (Å²) in [5.41, 5.74) is 4.77. The minimum Gasteiger partial charge on any atom is -0.496 e. The highest BCUT2D eigenvalue weighted by Gasteiger charge is 2.19. The van der Waals surface area contributed by atoms with Crippen molar-refractivity contribution in [1.82, 2.24) is 10.4 Å². The molecule has 0 radical (unpaired) electrons. The second kappa shape index (κ2) is 4.42. The van der Waals surface area contributed by atoms with E-state index in [4.69, 9.17) is 10.6 Å². The summed E-state index contributed by atoms with van der Waals surface area (Å²) in [7, 11) is 0. The SMILES string of the molecule is Cc1ccc(C(NN)C2=CCCO2)cn1. The normalized spacial score (nSPS) is 17.1. The van der Waals surface area contributed by atoms with Crippen LogP contribution in [0.25, 0.3) is 0 Å². The van der Waals surface area contributed by atoms with Gasteiger partial charge in [-0.25, -0.2) is 5.43 Å². The third-order valence-electron chi connectivity index (χ3n) is 2.45. The van der Waals surface area contributed by atoms with Crippen molar-refractivity contribution in [3.05, 3.63) is 41.4 Å². The first kappa shape index (κ1) is 10.1. The third kappa shape index (κ3) is 2.16. The number of pyridine rings is 1. The van der Waals surface area contributed by atoms with E-state index >= 15 is 0 Å². The van der Waals surface area contributed by atoms with E-state index < -0.39 is 0 Å². The highest BCUT2D eigenvalue weighted by atomic mass is 16.5. The van der Waals surface area contributed by atoms with E-state index in [-0.39, 0.29) is 6.04 Å². The zero-order chi connectivity index (χ0) is 10.7. The largest absolute Gasteiger partial charge is 0.496 e. The number of aromatic nitrogens is 1. The predicted molar refractivity (Wildman–Crippen MR) is 57.7 cm³/mol. The quantitative estimate of drug-likeness (QED) is 0.575. The third-order valence-corrected chi connectivity index (χ3v) is 2.45. The van der Waals surface area contributed by atoms with Gasteiger partial charge in [0.25, 0.3) is 0 Å². The molecule has 1 atom stereocenters. The summed E-state index contributed by atoms with van der Waals surface area (Å²) in [5, 5.41) is 0. The van der Waals surface area contributed by atoms with Gasteiger partial charge in [-0.1, -0.05) is 6.07 Å². The molecule has 0 saturated heterocycles. The van der Waals surface area contributed by atoms with Crippen LogP contribution >= 0.6 is 0 Å². The highest BCUT2D eigenvalue weighted by Crippen LogP contribution is 2.25. The first-order valence-electron chi connectivity index (χ1n) is 5.03. The number of nitrogens with two attached hydrogens (primary N) is 1. The van der Waals surface area contributed by atoms with Gasteiger partial charge in [0, 0.05) is 18.3 Å². The van der Waals surface area contributed by atoms with Crippen molar-refractivity contribution in [1.29, 1.82) is 0 Å². The Morgan fingerprint density at radius 1 is 1.53 bits per heavy atom. The second-order valence-electron chi connectivity index (χ2n) is 3.58. The average molecular weight is 205 g/mol. The molecule has 1 aromatic heterocycles. The highest BCUT2D eigenvalue weighted by molar-refractivity contribution is 5.25. The molecule has 0 aliphatic carbocycles. The molecule has 1 aliphatic rings. The molecule has 2 rings (SSSR count). The van der Waals surface area contributed by atoms with Crippen LogP contribution in [0, 0.1) is 6.92 Å². The fourth-order valence-corrected chi connectivity index (χ4v) is 1.63. The van der Waals surface area contributed by atoms with Crippen LogP contribution in [0.3, 0.4) is 0 Å². The summed E-state index contributed by atoms with van der Waals surface area (Å²) in [6.45, 7) is 2.70. The maximum absolute atomic E-state index is 5.52. The van der Waals surface area contributed by atoms with E-state index in [2.05, 4.69) is 16.5 Å². The van der Waals surface area contributed by atoms with Crippen LogP contribution in [-0.4, -0.2) is 11.6 Å². The Labute approximate surface area is 89.1 Å². The van der Waals surface area contributed by atoms with E-state index in [1.165, 1.54) is 0 Å². The monoisotopic (exact) mass is 205 g/mol. The zero-order valence-corrected chi connectivity index (χ0v) is 8.73. The molecule has 1 aliphatic heterocycles. The molecule has 0 aromatic carbocycles. The van der Waals surface area contributed by atoms with E-state index in [1.54, 1.807) is 0 Å². The molecule has 4 nitrogen and oxygen atoms in total. The Hall–Kier alpha value is -1.39. The lowest BCUT2D eigenvalue weighted by atomic mass is 10.1. The van der Waals surface area contributed by atoms with Crippen LogP contribution in [0.2, 0.25) is 0 Å². The van der Waals surface area contributed by atoms with Crippen molar-refractivity contribution in [3.63, 3.8) is 0 Å². The molecule has 80 valence electrons. The fourth-order valence-electron chi connectivity index (χ4n) is 1.63. The van der Waals surface area contributed by atoms with E-state index in [0.717, 1.165) is 30.0 Å². The van der Waals surface area contributed by atoms with Crippen LogP contribution in [0.1, 0.15) is 23.7 Å². The topological polar surface area (TPSA) is 60.2 Å². The van der Waals surface area contributed by atoms with E-state index in [9.17, 15) is 0 Å². The summed E-state index contributed by atoms with van der Waals surface area (Å²) in [4.78, 5) is 4.24. The van der Waals surface area contributed by atoms with Crippen molar-refractivity contribution in [2.75, 3.05) is 6.61 Å². The van der Waals surface area contributed by atoms with Crippen LogP contribution < -0.4 is 11.3 Å². The van der Waals surface area contributed by atoms with Crippen LogP contribution in [-0.2, 0) is 4.74 Å². The van der Waals surface area contributed by atoms with Crippen molar-refractivity contribution in [2.45, 2.75) is 19.4 Å². The van der Waals surface area contributed by atoms with Crippen molar-refractivity contribution < 1.29 is 4.74 Å². The molecule has 0 fully saturated rings. The molecule has 3 N–H and O–H groups in total. The Morgan fingerprint density at radius 3 is 2.93 bits per heavy atom. The van der Waals surface area contributed by atoms with Gasteiger partial charge in [-0.05, 0) is 24.6 Å². The maximum Gasteiger partial charge on any atom is 0.115 e. The van der Waals surface area contributed by atoms with Crippen LogP contribution in [0.15, 0.2) is 30.2 Å². The molecule has 1 aromatic rings. The van der Waals surface area contributed by atoms with Crippen molar-refractivity contribution in [3.8, 4) is 0 Å². The van der Waals surface area contributed by atoms with Crippen LogP contribution in [0.4, 0.5) is 0 Å². The van der Waals surface area contributed by atoms with Gasteiger partial charge in [0.15, 0.2) is 0 Å². The summed E-state index contributed by atoms with van der Waals surface area (Å²) >= 11 is 0. The summed E-state index contributed by atoms with van der Waals surface area (Å²) in [6, 6.07) is 3.89. The van der Waals surface area contributed by atoms with Gasteiger partial charge in [0.1, 0.15) is 11.8 Å². The number of hydrogen-bond acceptors (Lipinski definition) is 4. The summed E-state index contributed by atoms with van der Waals surface area (Å²) in [6.07, 6.45) is 4.83. The molecule has 0 spiro atoms. The molecule has 0 saturated carbocycles. The average Bonchev–Trinajstić information content (AvgIpc) is 2.75. The molecular weight excluding hydrogens is 190 g/mol. The van der Waals surface area contributed by atoms with Crippen LogP contribution in [0.5, 0.6) is 0 Å². The summed E-state index contributed by atoms with van der Waals surface area (Å²) < 4.78 is 5.48. The first-order valence-corrected chi connectivity index (χ1v) is 5.03. The predicted octanol–water partition coefficient (Wildman–Crippen LogP) is 1.20. The maximum atomic E-state index is 5.52. The van der Waals surface area contributed by atoms with Gasteiger partial charge in [0.2, 0.25) is 0 Å². The number of ether oxygens (including phenoxy) is 1. The molecule has 0 amide bonds. The Kier molecular flexibility index (Phi) is 2.99. The lowest BCUT2D eigenvalue weighted by Gasteiger charge is -2.17. The zero-order valence-electron chi connectivity index (χ0n) is 8.73. The Balaban J connectivity index is 2.22. The lowest BCUT2D eigenvalue weighted by Crippen LogP contribution is -2.29. The standard InChI is InChI=1S/C11H15N3O/c1-8-4-5-9(7-13-8)11(14-12)10-3-2-6-15-10/h3-5,7,11,14H,2,6,12H2,1H3. The Morgan fingerprint density at radius 2 is 2.40 bits per heavy atom.